The maximum atomic E-state index is 14.6. The molecule has 8 heteroatoms. The quantitative estimate of drug-likeness (QED) is 0.565. The summed E-state index contributed by atoms with van der Waals surface area (Å²) in [5, 5.41) is 3.67. The summed E-state index contributed by atoms with van der Waals surface area (Å²) < 4.78 is 59.0. The van der Waals surface area contributed by atoms with Crippen LogP contribution in [0.4, 0.5) is 17.6 Å². The van der Waals surface area contributed by atoms with Gasteiger partial charge in [0, 0.05) is 37.8 Å². The molecule has 1 aliphatic carbocycles. The van der Waals surface area contributed by atoms with Crippen LogP contribution in [0.25, 0.3) is 0 Å². The summed E-state index contributed by atoms with van der Waals surface area (Å²) in [7, 11) is 0. The van der Waals surface area contributed by atoms with E-state index < -0.39 is 17.9 Å². The Morgan fingerprint density at radius 1 is 1.06 bits per heavy atom. The second-order valence-corrected chi connectivity index (χ2v) is 9.41. The highest BCUT2D eigenvalue weighted by Crippen LogP contribution is 2.37. The normalized spacial score (nSPS) is 26.2. The zero-order chi connectivity index (χ0) is 24.0. The van der Waals surface area contributed by atoms with E-state index in [1.807, 2.05) is 0 Å². The molecule has 0 bridgehead atoms. The summed E-state index contributed by atoms with van der Waals surface area (Å²) in [5.74, 6) is -0.317. The van der Waals surface area contributed by atoms with Crippen LogP contribution in [0.15, 0.2) is 18.2 Å². The van der Waals surface area contributed by atoms with E-state index in [-0.39, 0.29) is 36.0 Å². The van der Waals surface area contributed by atoms with E-state index in [9.17, 15) is 22.4 Å². The van der Waals surface area contributed by atoms with Gasteiger partial charge in [0.15, 0.2) is 0 Å². The molecule has 33 heavy (non-hydrogen) atoms. The summed E-state index contributed by atoms with van der Waals surface area (Å²) in [6.07, 6.45) is 0.541. The first-order valence-corrected chi connectivity index (χ1v) is 12.2. The average Bonchev–Trinajstić information content (AvgIpc) is 2.79. The fourth-order valence-electron chi connectivity index (χ4n) is 4.92. The van der Waals surface area contributed by atoms with Crippen LogP contribution in [0.5, 0.6) is 0 Å². The number of nitrogens with zero attached hydrogens (tertiary/aromatic N) is 1. The van der Waals surface area contributed by atoms with Gasteiger partial charge in [0.1, 0.15) is 6.17 Å². The van der Waals surface area contributed by atoms with E-state index in [0.29, 0.717) is 12.1 Å². The van der Waals surface area contributed by atoms with Crippen molar-refractivity contribution in [2.75, 3.05) is 19.8 Å². The maximum absolute atomic E-state index is 14.6. The van der Waals surface area contributed by atoms with E-state index >= 15 is 0 Å². The number of nitrogens with one attached hydrogen (secondary N) is 1. The van der Waals surface area contributed by atoms with E-state index in [2.05, 4.69) is 19.2 Å². The minimum absolute atomic E-state index is 0.0404. The fraction of sp³-hybridized carbons (Fsp3) is 0.720. The Morgan fingerprint density at radius 2 is 1.67 bits per heavy atom. The maximum Gasteiger partial charge on any atom is 0.416 e. The molecular weight excluding hydrogens is 436 g/mol. The van der Waals surface area contributed by atoms with Crippen LogP contribution in [0.2, 0.25) is 0 Å². The Labute approximate surface area is 194 Å². The van der Waals surface area contributed by atoms with Crippen LogP contribution >= 0.6 is 0 Å². The predicted molar refractivity (Wildman–Crippen MR) is 119 cm³/mol. The molecule has 4 nitrogen and oxygen atoms in total. The highest BCUT2D eigenvalue weighted by molar-refractivity contribution is 5.79. The Hall–Kier alpha value is -1.67. The number of hydrogen-bond acceptors (Lipinski definition) is 3. The Kier molecular flexibility index (Phi) is 9.16. The smallest absolute Gasteiger partial charge is 0.381 e. The summed E-state index contributed by atoms with van der Waals surface area (Å²) in [5.41, 5.74) is -0.286. The SMILES string of the molecule is CCC.O=C(C1CCC(NC2CCOCC2)CC1)N1Cc2cc(C(F)(F)F)ccc2C(F)C1. The predicted octanol–water partition coefficient (Wildman–Crippen LogP) is 5.80. The molecule has 2 heterocycles. The summed E-state index contributed by atoms with van der Waals surface area (Å²) >= 11 is 0. The van der Waals surface area contributed by atoms with Crippen LogP contribution in [-0.2, 0) is 22.3 Å². The number of amides is 1. The molecule has 2 fully saturated rings. The van der Waals surface area contributed by atoms with Gasteiger partial charge in [-0.2, -0.15) is 13.2 Å². The first-order valence-electron chi connectivity index (χ1n) is 12.2. The van der Waals surface area contributed by atoms with Gasteiger partial charge >= 0.3 is 6.18 Å². The molecule has 0 radical (unpaired) electrons. The Bertz CT molecular complexity index is 772. The largest absolute Gasteiger partial charge is 0.416 e. The molecule has 186 valence electrons. The number of halogens is 4. The van der Waals surface area contributed by atoms with Gasteiger partial charge in [-0.25, -0.2) is 4.39 Å². The van der Waals surface area contributed by atoms with Crippen molar-refractivity contribution in [3.63, 3.8) is 0 Å². The molecule has 1 aromatic carbocycles. The lowest BCUT2D eigenvalue weighted by atomic mass is 9.84. The first-order chi connectivity index (χ1) is 15.7. The molecule has 4 rings (SSSR count). The molecule has 3 aliphatic rings. The highest BCUT2D eigenvalue weighted by Gasteiger charge is 2.36. The van der Waals surface area contributed by atoms with Crippen molar-refractivity contribution < 1.29 is 27.1 Å². The third kappa shape index (κ3) is 6.92. The number of alkyl halides is 4. The lowest BCUT2D eigenvalue weighted by Gasteiger charge is -2.37. The summed E-state index contributed by atoms with van der Waals surface area (Å²) in [6.45, 7) is 5.76. The molecule has 2 aliphatic heterocycles. The molecule has 1 amide bonds. The number of fused-ring (bicyclic) bond motifs is 1. The fourth-order valence-corrected chi connectivity index (χ4v) is 4.92. The lowest BCUT2D eigenvalue weighted by molar-refractivity contribution is -0.138. The second-order valence-electron chi connectivity index (χ2n) is 9.41. The topological polar surface area (TPSA) is 41.6 Å². The van der Waals surface area contributed by atoms with E-state index in [0.717, 1.165) is 63.9 Å². The number of benzene rings is 1. The molecule has 1 atom stereocenters. The first kappa shape index (κ1) is 25.9. The van der Waals surface area contributed by atoms with Crippen molar-refractivity contribution in [3.05, 3.63) is 34.9 Å². The minimum Gasteiger partial charge on any atom is -0.381 e. The second kappa shape index (κ2) is 11.6. The number of ether oxygens (including phenoxy) is 1. The van der Waals surface area contributed by atoms with Crippen LogP contribution in [0, 0.1) is 5.92 Å². The number of hydrogen-bond donors (Lipinski definition) is 1. The molecule has 0 spiro atoms. The lowest BCUT2D eigenvalue weighted by Crippen LogP contribution is -2.46. The van der Waals surface area contributed by atoms with Crippen molar-refractivity contribution in [3.8, 4) is 0 Å². The van der Waals surface area contributed by atoms with Crippen LogP contribution in [0.1, 0.15) is 81.7 Å². The molecule has 1 aromatic rings. The molecule has 1 unspecified atom stereocenters. The van der Waals surface area contributed by atoms with Gasteiger partial charge in [-0.1, -0.05) is 26.3 Å². The molecular formula is C25H36F4N2O2. The molecule has 1 saturated heterocycles. The van der Waals surface area contributed by atoms with E-state index in [4.69, 9.17) is 4.74 Å². The van der Waals surface area contributed by atoms with E-state index in [1.54, 1.807) is 0 Å². The third-order valence-corrected chi connectivity index (χ3v) is 6.63. The zero-order valence-corrected chi connectivity index (χ0v) is 19.6. The van der Waals surface area contributed by atoms with Gasteiger partial charge in [-0.05, 0) is 61.8 Å². The number of carbonyl (C=O) groups excluding carboxylic acids is 1. The third-order valence-electron chi connectivity index (χ3n) is 6.63. The molecule has 0 aromatic heterocycles. The van der Waals surface area contributed by atoms with Gasteiger partial charge in [-0.3, -0.25) is 4.79 Å². The van der Waals surface area contributed by atoms with E-state index in [1.165, 1.54) is 17.4 Å². The van der Waals surface area contributed by atoms with Crippen LogP contribution in [0.3, 0.4) is 0 Å². The molecule has 1 N–H and O–H groups in total. The van der Waals surface area contributed by atoms with Gasteiger partial charge in [0.2, 0.25) is 5.91 Å². The molecule has 1 saturated carbocycles. The monoisotopic (exact) mass is 472 g/mol. The average molecular weight is 473 g/mol. The minimum atomic E-state index is -4.48. The van der Waals surface area contributed by atoms with Gasteiger partial charge in [0.25, 0.3) is 0 Å². The standard InChI is InChI=1S/C22H28F4N2O2.C3H8/c23-20-13-28(12-15-11-16(22(24,25)26)3-6-19(15)20)21(29)14-1-4-17(5-2-14)27-18-7-9-30-10-8-18;1-3-2/h3,6,11,14,17-18,20,27H,1-2,4-5,7-10,12-13H2;3H2,1-2H3. The van der Waals surface area contributed by atoms with Gasteiger partial charge < -0.3 is 15.0 Å². The number of carbonyl (C=O) groups is 1. The number of rotatable bonds is 3. The van der Waals surface area contributed by atoms with Crippen LogP contribution < -0.4 is 5.32 Å². The van der Waals surface area contributed by atoms with Crippen molar-refractivity contribution in [1.29, 1.82) is 0 Å². The summed E-state index contributed by atoms with van der Waals surface area (Å²) in [6, 6.07) is 3.94. The van der Waals surface area contributed by atoms with Gasteiger partial charge in [0.05, 0.1) is 12.1 Å². The van der Waals surface area contributed by atoms with Crippen LogP contribution in [-0.4, -0.2) is 42.6 Å². The Balaban J connectivity index is 0.000000968. The zero-order valence-electron chi connectivity index (χ0n) is 19.6. The Morgan fingerprint density at radius 3 is 2.27 bits per heavy atom. The van der Waals surface area contributed by atoms with Gasteiger partial charge in [-0.15, -0.1) is 0 Å². The highest BCUT2D eigenvalue weighted by atomic mass is 19.4. The van der Waals surface area contributed by atoms with Crippen molar-refractivity contribution in [2.45, 2.75) is 89.8 Å². The van der Waals surface area contributed by atoms with Crippen molar-refractivity contribution in [2.24, 2.45) is 5.92 Å². The van der Waals surface area contributed by atoms with Crippen molar-refractivity contribution in [1.82, 2.24) is 10.2 Å². The summed E-state index contributed by atoms with van der Waals surface area (Å²) in [4.78, 5) is 14.4. The van der Waals surface area contributed by atoms with Crippen molar-refractivity contribution >= 4 is 5.91 Å².